The molecule has 20 heavy (non-hydrogen) atoms. The molecule has 0 aliphatic carbocycles. The summed E-state index contributed by atoms with van der Waals surface area (Å²) in [4.78, 5) is 23.4. The van der Waals surface area contributed by atoms with Crippen molar-refractivity contribution in [1.82, 2.24) is 5.32 Å². The summed E-state index contributed by atoms with van der Waals surface area (Å²) in [6.45, 7) is 1.86. The van der Waals surface area contributed by atoms with E-state index in [9.17, 15) is 9.59 Å². The third kappa shape index (κ3) is 5.61. The molecule has 1 unspecified atom stereocenters. The molecule has 1 aromatic rings. The Balaban J connectivity index is 2.54. The number of benzene rings is 1. The van der Waals surface area contributed by atoms with Gasteiger partial charge < -0.3 is 10.4 Å². The summed E-state index contributed by atoms with van der Waals surface area (Å²) < 4.78 is 0. The monoisotopic (exact) mass is 335 g/mol. The Labute approximate surface area is 131 Å². The number of carbonyl (C=O) groups excluding carboxylic acids is 1. The Morgan fingerprint density at radius 3 is 2.70 bits per heavy atom. The van der Waals surface area contributed by atoms with Crippen molar-refractivity contribution >= 4 is 46.8 Å². The van der Waals surface area contributed by atoms with Crippen LogP contribution in [0.25, 0.3) is 0 Å². The minimum atomic E-state index is -1.02. The van der Waals surface area contributed by atoms with Crippen molar-refractivity contribution in [3.05, 3.63) is 28.2 Å². The zero-order valence-corrected chi connectivity index (χ0v) is 13.2. The molecule has 1 amide bonds. The smallest absolute Gasteiger partial charge is 0.326 e. The molecule has 1 rings (SSSR count). The van der Waals surface area contributed by atoms with Crippen LogP contribution in [-0.2, 0) is 9.59 Å². The average molecular weight is 336 g/mol. The second-order valence-corrected chi connectivity index (χ2v) is 5.97. The Hall–Kier alpha value is -0.910. The van der Waals surface area contributed by atoms with E-state index in [-0.39, 0.29) is 11.7 Å². The lowest BCUT2D eigenvalue weighted by atomic mass is 10.2. The molecule has 1 atom stereocenters. The number of rotatable bonds is 7. The molecule has 7 heteroatoms. The van der Waals surface area contributed by atoms with Crippen molar-refractivity contribution in [2.24, 2.45) is 0 Å². The first-order valence-electron chi connectivity index (χ1n) is 6.04. The molecule has 0 aliphatic rings. The number of amides is 1. The number of carboxylic acids is 1. The Morgan fingerprint density at radius 1 is 1.40 bits per heavy atom. The number of hydrogen-bond acceptors (Lipinski definition) is 3. The fourth-order valence-electron chi connectivity index (χ4n) is 1.51. The Bertz CT molecular complexity index is 497. The zero-order valence-electron chi connectivity index (χ0n) is 10.9. The van der Waals surface area contributed by atoms with Crippen molar-refractivity contribution in [2.75, 3.05) is 5.75 Å². The van der Waals surface area contributed by atoms with Gasteiger partial charge in [-0.2, -0.15) is 0 Å². The molecule has 0 radical (unpaired) electrons. The maximum Gasteiger partial charge on any atom is 0.326 e. The van der Waals surface area contributed by atoms with Crippen LogP contribution in [0, 0.1) is 0 Å². The van der Waals surface area contributed by atoms with Crippen molar-refractivity contribution in [3.8, 4) is 0 Å². The van der Waals surface area contributed by atoms with Gasteiger partial charge in [0.05, 0.1) is 10.8 Å². The molecular weight excluding hydrogens is 321 g/mol. The maximum atomic E-state index is 11.7. The first-order valence-corrected chi connectivity index (χ1v) is 7.78. The lowest BCUT2D eigenvalue weighted by Crippen LogP contribution is -2.41. The second-order valence-electron chi connectivity index (χ2n) is 4.11. The van der Waals surface area contributed by atoms with Gasteiger partial charge in [0.15, 0.2) is 0 Å². The topological polar surface area (TPSA) is 66.4 Å². The highest BCUT2D eigenvalue weighted by Gasteiger charge is 2.18. The molecule has 0 heterocycles. The van der Waals surface area contributed by atoms with Crippen LogP contribution in [0.5, 0.6) is 0 Å². The van der Waals surface area contributed by atoms with E-state index < -0.39 is 12.0 Å². The molecule has 0 bridgehead atoms. The van der Waals surface area contributed by atoms with Crippen molar-refractivity contribution < 1.29 is 14.7 Å². The van der Waals surface area contributed by atoms with E-state index in [1.807, 2.05) is 6.92 Å². The van der Waals surface area contributed by atoms with Crippen molar-refractivity contribution in [3.63, 3.8) is 0 Å². The van der Waals surface area contributed by atoms with Gasteiger partial charge in [-0.05, 0) is 24.6 Å². The number of aliphatic carboxylic acids is 1. The van der Waals surface area contributed by atoms with Gasteiger partial charge >= 0.3 is 5.97 Å². The zero-order chi connectivity index (χ0) is 15.1. The fraction of sp³-hybridized carbons (Fsp3) is 0.385. The van der Waals surface area contributed by atoms with Gasteiger partial charge in [-0.15, -0.1) is 11.8 Å². The minimum Gasteiger partial charge on any atom is -0.480 e. The summed E-state index contributed by atoms with van der Waals surface area (Å²) in [5.74, 6) is -1.27. The van der Waals surface area contributed by atoms with Crippen LogP contribution in [0.4, 0.5) is 0 Å². The highest BCUT2D eigenvalue weighted by molar-refractivity contribution is 8.00. The molecule has 2 N–H and O–H groups in total. The van der Waals surface area contributed by atoms with Gasteiger partial charge in [0, 0.05) is 9.92 Å². The summed E-state index contributed by atoms with van der Waals surface area (Å²) in [6, 6.07) is 4.14. The lowest BCUT2D eigenvalue weighted by Gasteiger charge is -2.13. The summed E-state index contributed by atoms with van der Waals surface area (Å²) in [6.07, 6.45) is 1.09. The molecular formula is C13H15Cl2NO3S. The van der Waals surface area contributed by atoms with Gasteiger partial charge in [-0.3, -0.25) is 4.79 Å². The number of halogens is 2. The maximum absolute atomic E-state index is 11.7. The third-order valence-electron chi connectivity index (χ3n) is 2.46. The van der Waals surface area contributed by atoms with Crippen LogP contribution < -0.4 is 5.32 Å². The minimum absolute atomic E-state index is 0.0908. The summed E-state index contributed by atoms with van der Waals surface area (Å²) >= 11 is 13.0. The van der Waals surface area contributed by atoms with E-state index in [1.54, 1.807) is 18.2 Å². The highest BCUT2D eigenvalue weighted by atomic mass is 35.5. The summed E-state index contributed by atoms with van der Waals surface area (Å²) in [5, 5.41) is 12.5. The second kappa shape index (κ2) is 8.39. The molecule has 0 saturated carbocycles. The SMILES string of the molecule is CCCC(NC(=O)CSc1cc(Cl)ccc1Cl)C(=O)O. The number of thioether (sulfide) groups is 1. The normalized spacial score (nSPS) is 11.9. The lowest BCUT2D eigenvalue weighted by molar-refractivity contribution is -0.141. The Kier molecular flexibility index (Phi) is 7.19. The molecule has 4 nitrogen and oxygen atoms in total. The number of carbonyl (C=O) groups is 2. The predicted octanol–water partition coefficient (Wildman–Crippen LogP) is 3.46. The average Bonchev–Trinajstić information content (AvgIpc) is 2.39. The largest absolute Gasteiger partial charge is 0.480 e. The van der Waals surface area contributed by atoms with E-state index in [0.717, 1.165) is 0 Å². The first-order chi connectivity index (χ1) is 9.43. The van der Waals surface area contributed by atoms with E-state index in [0.29, 0.717) is 27.8 Å². The van der Waals surface area contributed by atoms with Gasteiger partial charge in [0.2, 0.25) is 5.91 Å². The molecule has 1 aromatic carbocycles. The van der Waals surface area contributed by atoms with Gasteiger partial charge in [0.1, 0.15) is 6.04 Å². The van der Waals surface area contributed by atoms with Gasteiger partial charge in [-0.1, -0.05) is 36.5 Å². The quantitative estimate of drug-likeness (QED) is 0.749. The van der Waals surface area contributed by atoms with Crippen molar-refractivity contribution in [1.29, 1.82) is 0 Å². The molecule has 110 valence electrons. The van der Waals surface area contributed by atoms with E-state index >= 15 is 0 Å². The number of hydrogen-bond donors (Lipinski definition) is 2. The van der Waals surface area contributed by atoms with Gasteiger partial charge in [-0.25, -0.2) is 4.79 Å². The van der Waals surface area contributed by atoms with Crippen LogP contribution in [0.3, 0.4) is 0 Å². The predicted molar refractivity (Wildman–Crippen MR) is 81.7 cm³/mol. The third-order valence-corrected chi connectivity index (χ3v) is 4.19. The number of carboxylic acid groups (broad SMARTS) is 1. The van der Waals surface area contributed by atoms with Crippen LogP contribution >= 0.6 is 35.0 Å². The van der Waals surface area contributed by atoms with Crippen LogP contribution in [0.1, 0.15) is 19.8 Å². The highest BCUT2D eigenvalue weighted by Crippen LogP contribution is 2.29. The molecule has 0 fully saturated rings. The van der Waals surface area contributed by atoms with Crippen LogP contribution in [-0.4, -0.2) is 28.8 Å². The molecule has 0 spiro atoms. The molecule has 0 aliphatic heterocycles. The van der Waals surface area contributed by atoms with Crippen LogP contribution in [0.15, 0.2) is 23.1 Å². The van der Waals surface area contributed by atoms with Gasteiger partial charge in [0.25, 0.3) is 0 Å². The van der Waals surface area contributed by atoms with E-state index in [2.05, 4.69) is 5.32 Å². The molecule has 0 saturated heterocycles. The van der Waals surface area contributed by atoms with E-state index in [4.69, 9.17) is 28.3 Å². The Morgan fingerprint density at radius 2 is 2.10 bits per heavy atom. The first kappa shape index (κ1) is 17.1. The van der Waals surface area contributed by atoms with Crippen LogP contribution in [0.2, 0.25) is 10.0 Å². The standard InChI is InChI=1S/C13H15Cl2NO3S/c1-2-3-10(13(18)19)16-12(17)7-20-11-6-8(14)4-5-9(11)15/h4-6,10H,2-3,7H2,1H3,(H,16,17)(H,18,19). The summed E-state index contributed by atoms with van der Waals surface area (Å²) in [7, 11) is 0. The van der Waals surface area contributed by atoms with E-state index in [1.165, 1.54) is 11.8 Å². The number of nitrogens with one attached hydrogen (secondary N) is 1. The summed E-state index contributed by atoms with van der Waals surface area (Å²) in [5.41, 5.74) is 0. The molecule has 0 aromatic heterocycles. The fourth-order valence-corrected chi connectivity index (χ4v) is 2.82. The van der Waals surface area contributed by atoms with Crippen molar-refractivity contribution in [2.45, 2.75) is 30.7 Å².